The molecule has 5 heteroatoms. The normalized spacial score (nSPS) is 11.9. The molecule has 0 aliphatic carbocycles. The van der Waals surface area contributed by atoms with Crippen molar-refractivity contribution in [1.29, 1.82) is 0 Å². The number of sulfonamides is 1. The molecule has 28 heavy (non-hydrogen) atoms. The quantitative estimate of drug-likeness (QED) is 0.667. The largest absolute Gasteiger partial charge is 0.497 e. The van der Waals surface area contributed by atoms with Gasteiger partial charge in [0, 0.05) is 5.56 Å². The molecule has 3 rings (SSSR count). The number of rotatable bonds is 5. The van der Waals surface area contributed by atoms with Crippen molar-refractivity contribution >= 4 is 10.0 Å². The second-order valence-corrected chi connectivity index (χ2v) is 7.99. The predicted molar refractivity (Wildman–Crippen MR) is 111 cm³/mol. The number of benzene rings is 3. The lowest BCUT2D eigenvalue weighted by Crippen LogP contribution is -2.28. The van der Waals surface area contributed by atoms with Crippen LogP contribution < -0.4 is 9.46 Å². The minimum atomic E-state index is -3.73. The van der Waals surface area contributed by atoms with E-state index in [-0.39, 0.29) is 4.90 Å². The van der Waals surface area contributed by atoms with Gasteiger partial charge < -0.3 is 4.74 Å². The molecule has 0 aromatic heterocycles. The molecule has 1 unspecified atom stereocenters. The molecule has 0 fully saturated rings. The fourth-order valence-corrected chi connectivity index (χ4v) is 3.73. The fraction of sp³-hybridized carbons (Fsp3) is 0.130. The molecule has 142 valence electrons. The van der Waals surface area contributed by atoms with Gasteiger partial charge in [0.25, 0.3) is 0 Å². The zero-order valence-corrected chi connectivity index (χ0v) is 16.5. The van der Waals surface area contributed by atoms with Gasteiger partial charge in [-0.15, -0.1) is 0 Å². The summed E-state index contributed by atoms with van der Waals surface area (Å²) in [7, 11) is -2.14. The summed E-state index contributed by atoms with van der Waals surface area (Å²) < 4.78 is 33.6. The first kappa shape index (κ1) is 19.7. The summed E-state index contributed by atoms with van der Waals surface area (Å²) in [6.07, 6.45) is 0. The van der Waals surface area contributed by atoms with Crippen LogP contribution in [0.15, 0.2) is 83.8 Å². The zero-order chi connectivity index (χ0) is 20.0. The standard InChI is InChI=1S/C23H21NO3S/c1-18-8-15-22(16-9-18)28(25,26)24-23(17-10-19-6-4-3-5-7-19)20-11-13-21(27-2)14-12-20/h3-9,11-16,23-24H,1-2H3. The lowest BCUT2D eigenvalue weighted by molar-refractivity contribution is 0.414. The van der Waals surface area contributed by atoms with E-state index in [2.05, 4.69) is 16.6 Å². The summed E-state index contributed by atoms with van der Waals surface area (Å²) >= 11 is 0. The van der Waals surface area contributed by atoms with Gasteiger partial charge in [-0.2, -0.15) is 4.72 Å². The fourth-order valence-electron chi connectivity index (χ4n) is 2.59. The Morgan fingerprint density at radius 1 is 0.893 bits per heavy atom. The van der Waals surface area contributed by atoms with E-state index < -0.39 is 16.1 Å². The summed E-state index contributed by atoms with van der Waals surface area (Å²) in [6, 6.07) is 22.7. The summed E-state index contributed by atoms with van der Waals surface area (Å²) in [4.78, 5) is 0.207. The zero-order valence-electron chi connectivity index (χ0n) is 15.7. The second-order valence-electron chi connectivity index (χ2n) is 6.28. The van der Waals surface area contributed by atoms with Crippen molar-refractivity contribution in [3.63, 3.8) is 0 Å². The maximum Gasteiger partial charge on any atom is 0.241 e. The number of hydrogen-bond donors (Lipinski definition) is 1. The summed E-state index contributed by atoms with van der Waals surface area (Å²) in [5.74, 6) is 6.79. The molecule has 0 radical (unpaired) electrons. The van der Waals surface area contributed by atoms with Gasteiger partial charge in [0.1, 0.15) is 11.8 Å². The summed E-state index contributed by atoms with van der Waals surface area (Å²) in [5.41, 5.74) is 2.55. The van der Waals surface area contributed by atoms with Gasteiger partial charge in [0.05, 0.1) is 12.0 Å². The van der Waals surface area contributed by atoms with Crippen molar-refractivity contribution < 1.29 is 13.2 Å². The van der Waals surface area contributed by atoms with E-state index in [4.69, 9.17) is 4.74 Å². The molecule has 0 amide bonds. The number of nitrogens with one attached hydrogen (secondary N) is 1. The number of aryl methyl sites for hydroxylation is 1. The maximum atomic E-state index is 12.9. The van der Waals surface area contributed by atoms with Crippen LogP contribution in [0.4, 0.5) is 0 Å². The van der Waals surface area contributed by atoms with E-state index in [1.54, 1.807) is 55.6 Å². The lowest BCUT2D eigenvalue weighted by atomic mass is 10.1. The highest BCUT2D eigenvalue weighted by Crippen LogP contribution is 2.20. The van der Waals surface area contributed by atoms with Crippen LogP contribution in [0.3, 0.4) is 0 Å². The highest BCUT2D eigenvalue weighted by atomic mass is 32.2. The average Bonchev–Trinajstić information content (AvgIpc) is 2.72. The first-order valence-electron chi connectivity index (χ1n) is 8.77. The Labute approximate surface area is 166 Å². The molecule has 0 saturated carbocycles. The van der Waals surface area contributed by atoms with Gasteiger partial charge in [0.15, 0.2) is 0 Å². The molecule has 4 nitrogen and oxygen atoms in total. The van der Waals surface area contributed by atoms with Crippen molar-refractivity contribution in [1.82, 2.24) is 4.72 Å². The molecule has 0 aliphatic rings. The molecular formula is C23H21NO3S. The van der Waals surface area contributed by atoms with Gasteiger partial charge in [-0.3, -0.25) is 0 Å². The van der Waals surface area contributed by atoms with E-state index in [9.17, 15) is 8.42 Å². The van der Waals surface area contributed by atoms with Crippen molar-refractivity contribution in [2.45, 2.75) is 17.9 Å². The van der Waals surface area contributed by atoms with Gasteiger partial charge in [-0.1, -0.05) is 59.9 Å². The summed E-state index contributed by atoms with van der Waals surface area (Å²) in [5, 5.41) is 0. The average molecular weight is 391 g/mol. The molecule has 3 aromatic carbocycles. The number of ether oxygens (including phenoxy) is 1. The van der Waals surface area contributed by atoms with Gasteiger partial charge in [0.2, 0.25) is 10.0 Å². The summed E-state index contributed by atoms with van der Waals surface area (Å²) in [6.45, 7) is 1.91. The third-order valence-electron chi connectivity index (χ3n) is 4.19. The van der Waals surface area contributed by atoms with Crippen LogP contribution in [0.25, 0.3) is 0 Å². The first-order valence-corrected chi connectivity index (χ1v) is 10.3. The second kappa shape index (κ2) is 8.75. The van der Waals surface area contributed by atoms with Crippen LogP contribution in [-0.2, 0) is 10.0 Å². The topological polar surface area (TPSA) is 55.4 Å². The Kier molecular flexibility index (Phi) is 6.15. The third kappa shape index (κ3) is 5.01. The monoisotopic (exact) mass is 391 g/mol. The predicted octanol–water partition coefficient (Wildman–Crippen LogP) is 4.07. The Bertz CT molecular complexity index is 1080. The van der Waals surface area contributed by atoms with Gasteiger partial charge in [-0.05, 0) is 48.9 Å². The molecule has 0 spiro atoms. The molecule has 3 aromatic rings. The van der Waals surface area contributed by atoms with E-state index in [1.807, 2.05) is 37.3 Å². The minimum absolute atomic E-state index is 0.207. The molecule has 0 heterocycles. The Morgan fingerprint density at radius 2 is 1.54 bits per heavy atom. The van der Waals surface area contributed by atoms with E-state index in [0.717, 1.165) is 16.7 Å². The number of methoxy groups -OCH3 is 1. The van der Waals surface area contributed by atoms with Crippen LogP contribution >= 0.6 is 0 Å². The van der Waals surface area contributed by atoms with Crippen LogP contribution in [0.1, 0.15) is 22.7 Å². The molecule has 0 saturated heterocycles. The smallest absolute Gasteiger partial charge is 0.241 e. The SMILES string of the molecule is COc1ccc(C(C#Cc2ccccc2)NS(=O)(=O)c2ccc(C)cc2)cc1. The van der Waals surface area contributed by atoms with E-state index >= 15 is 0 Å². The molecular weight excluding hydrogens is 370 g/mol. The maximum absolute atomic E-state index is 12.9. The Balaban J connectivity index is 1.95. The van der Waals surface area contributed by atoms with E-state index in [0.29, 0.717) is 5.75 Å². The molecule has 1 N–H and O–H groups in total. The highest BCUT2D eigenvalue weighted by Gasteiger charge is 2.20. The van der Waals surface area contributed by atoms with E-state index in [1.165, 1.54) is 0 Å². The van der Waals surface area contributed by atoms with Gasteiger partial charge >= 0.3 is 0 Å². The van der Waals surface area contributed by atoms with Crippen molar-refractivity contribution in [3.8, 4) is 17.6 Å². The molecule has 1 atom stereocenters. The van der Waals surface area contributed by atoms with Crippen LogP contribution in [0.5, 0.6) is 5.75 Å². The Morgan fingerprint density at radius 3 is 2.14 bits per heavy atom. The van der Waals surface area contributed by atoms with Crippen molar-refractivity contribution in [2.75, 3.05) is 7.11 Å². The first-order chi connectivity index (χ1) is 13.5. The van der Waals surface area contributed by atoms with Crippen molar-refractivity contribution in [2.24, 2.45) is 0 Å². The van der Waals surface area contributed by atoms with Crippen molar-refractivity contribution in [3.05, 3.63) is 95.6 Å². The Hall–Kier alpha value is -3.07. The highest BCUT2D eigenvalue weighted by molar-refractivity contribution is 7.89. The van der Waals surface area contributed by atoms with Gasteiger partial charge in [-0.25, -0.2) is 8.42 Å². The van der Waals surface area contributed by atoms with Crippen LogP contribution in [0, 0.1) is 18.8 Å². The molecule has 0 aliphatic heterocycles. The lowest BCUT2D eigenvalue weighted by Gasteiger charge is -2.15. The number of hydrogen-bond acceptors (Lipinski definition) is 3. The molecule has 0 bridgehead atoms. The minimum Gasteiger partial charge on any atom is -0.497 e. The van der Waals surface area contributed by atoms with Crippen LogP contribution in [0.2, 0.25) is 0 Å². The van der Waals surface area contributed by atoms with Crippen LogP contribution in [-0.4, -0.2) is 15.5 Å². The third-order valence-corrected chi connectivity index (χ3v) is 5.63.